The van der Waals surface area contributed by atoms with Crippen molar-refractivity contribution in [3.63, 3.8) is 0 Å². The number of phenols is 1. The van der Waals surface area contributed by atoms with Crippen LogP contribution in [0, 0.1) is 20.8 Å². The first-order valence-corrected chi connectivity index (χ1v) is 23.2. The van der Waals surface area contributed by atoms with Gasteiger partial charge in [-0.3, -0.25) is 9.36 Å². The highest BCUT2D eigenvalue weighted by molar-refractivity contribution is 7.98. The Morgan fingerprint density at radius 3 is 2.45 bits per heavy atom. The van der Waals surface area contributed by atoms with Crippen LogP contribution in [-0.4, -0.2) is 57.2 Å². The fourth-order valence-electron chi connectivity index (χ4n) is 7.09. The highest BCUT2D eigenvalue weighted by Crippen LogP contribution is 2.42. The van der Waals surface area contributed by atoms with Gasteiger partial charge in [-0.15, -0.1) is 11.8 Å². The molecule has 0 aliphatic heterocycles. The first-order valence-electron chi connectivity index (χ1n) is 19.0. The second-order valence-electron chi connectivity index (χ2n) is 16.0. The van der Waals surface area contributed by atoms with E-state index in [0.29, 0.717) is 36.2 Å². The average Bonchev–Trinajstić information content (AvgIpc) is 3.73. The molecule has 3 aromatic carbocycles. The van der Waals surface area contributed by atoms with Gasteiger partial charge in [0.05, 0.1) is 29.2 Å². The normalized spacial score (nSPS) is 12.3. The fraction of sp³-hybridized carbons (Fsp3) is 0.419. The summed E-state index contributed by atoms with van der Waals surface area (Å²) in [5.74, 6) is 0.666. The number of hydrogen-bond acceptors (Lipinski definition) is 7. The SMILES string of the molecule is COC(=O)c1c(C)c2c(-c3c(C)c(C)nn3CCCc3cc(CSc4cc(O)c5ccccc5c4)n(C)n3)c(Cl)ccc2n1CCCO[Si](C)(C)C(C)(C)C. The fourth-order valence-corrected chi connectivity index (χ4v) is 9.42. The Balaban J connectivity index is 1.23. The van der Waals surface area contributed by atoms with Crippen LogP contribution in [-0.2, 0) is 41.5 Å². The predicted molar refractivity (Wildman–Crippen MR) is 228 cm³/mol. The third-order valence-electron chi connectivity index (χ3n) is 11.3. The van der Waals surface area contributed by atoms with Crippen LogP contribution in [0.3, 0.4) is 0 Å². The van der Waals surface area contributed by atoms with Crippen LogP contribution in [0.5, 0.6) is 5.75 Å². The number of aromatic nitrogens is 5. The third-order valence-corrected chi connectivity index (χ3v) is 17.2. The molecule has 0 saturated heterocycles. The molecule has 9 nitrogen and oxygen atoms in total. The lowest BCUT2D eigenvalue weighted by atomic mass is 9.99. The van der Waals surface area contributed by atoms with Gasteiger partial charge >= 0.3 is 5.97 Å². The topological polar surface area (TPSA) is 96.3 Å². The zero-order valence-electron chi connectivity index (χ0n) is 33.8. The molecule has 6 aromatic rings. The lowest BCUT2D eigenvalue weighted by Crippen LogP contribution is -2.41. The van der Waals surface area contributed by atoms with E-state index in [-0.39, 0.29) is 11.0 Å². The summed E-state index contributed by atoms with van der Waals surface area (Å²) in [5, 5.41) is 23.9. The van der Waals surface area contributed by atoms with Gasteiger partial charge in [0, 0.05) is 64.9 Å². The smallest absolute Gasteiger partial charge is 0.354 e. The number of fused-ring (bicyclic) bond motifs is 2. The second kappa shape index (κ2) is 16.2. The Morgan fingerprint density at radius 1 is 0.982 bits per heavy atom. The lowest BCUT2D eigenvalue weighted by molar-refractivity contribution is 0.0587. The van der Waals surface area contributed by atoms with Crippen molar-refractivity contribution in [2.24, 2.45) is 7.05 Å². The van der Waals surface area contributed by atoms with Gasteiger partial charge in [0.1, 0.15) is 11.4 Å². The summed E-state index contributed by atoms with van der Waals surface area (Å²) >= 11 is 8.80. The summed E-state index contributed by atoms with van der Waals surface area (Å²) < 4.78 is 17.9. The minimum absolute atomic E-state index is 0.121. The predicted octanol–water partition coefficient (Wildman–Crippen LogP) is 10.8. The zero-order valence-corrected chi connectivity index (χ0v) is 36.4. The second-order valence-corrected chi connectivity index (χ2v) is 22.2. The number of carbonyl (C=O) groups excluding carboxylic acids is 1. The van der Waals surface area contributed by atoms with E-state index in [9.17, 15) is 9.90 Å². The van der Waals surface area contributed by atoms with Crippen molar-refractivity contribution < 1.29 is 19.1 Å². The molecule has 0 aliphatic rings. The Kier molecular flexibility index (Phi) is 12.0. The number of rotatable bonds is 14. The van der Waals surface area contributed by atoms with Crippen molar-refractivity contribution in [1.82, 2.24) is 24.1 Å². The van der Waals surface area contributed by atoms with E-state index in [4.69, 9.17) is 31.0 Å². The molecule has 6 rings (SSSR count). The van der Waals surface area contributed by atoms with Crippen molar-refractivity contribution in [3.8, 4) is 17.0 Å². The molecule has 0 unspecified atom stereocenters. The molecule has 0 saturated carbocycles. The number of ether oxygens (including phenoxy) is 1. The van der Waals surface area contributed by atoms with Crippen molar-refractivity contribution in [2.75, 3.05) is 13.7 Å². The Bertz CT molecular complexity index is 2370. The van der Waals surface area contributed by atoms with Crippen LogP contribution in [0.1, 0.15) is 72.3 Å². The van der Waals surface area contributed by atoms with Gasteiger partial charge in [0.2, 0.25) is 0 Å². The number of methoxy groups -OCH3 is 1. The number of benzene rings is 3. The molecule has 292 valence electrons. The molecule has 0 radical (unpaired) electrons. The maximum atomic E-state index is 13.4. The van der Waals surface area contributed by atoms with Crippen molar-refractivity contribution in [1.29, 1.82) is 0 Å². The molecule has 0 bridgehead atoms. The standard InChI is InChI=1S/C43H54ClN5O4SSi/c1-27-29(3)45-49(21-13-16-31-24-32(47(7)46-31)26-54-33-23-30-15-11-12-17-34(30)37(50)25-33)40(27)39-35(44)18-19-36-38(39)28(2)41(42(51)52-8)48(36)20-14-22-53-55(9,10)43(4,5)6/h11-12,15,17-19,23-25,50H,13-14,16,20-22,26H2,1-10H3. The summed E-state index contributed by atoms with van der Waals surface area (Å²) in [6.45, 7) is 19.3. The minimum Gasteiger partial charge on any atom is -0.507 e. The molecular weight excluding hydrogens is 746 g/mol. The summed E-state index contributed by atoms with van der Waals surface area (Å²) in [5.41, 5.74) is 8.29. The largest absolute Gasteiger partial charge is 0.507 e. The van der Waals surface area contributed by atoms with Crippen LogP contribution in [0.2, 0.25) is 23.2 Å². The van der Waals surface area contributed by atoms with Gasteiger partial charge in [0.25, 0.3) is 0 Å². The van der Waals surface area contributed by atoms with E-state index in [1.54, 1.807) is 11.8 Å². The molecule has 0 spiro atoms. The van der Waals surface area contributed by atoms with Crippen molar-refractivity contribution in [2.45, 2.75) is 103 Å². The molecule has 1 N–H and O–H groups in total. The summed E-state index contributed by atoms with van der Waals surface area (Å²) in [4.78, 5) is 14.4. The van der Waals surface area contributed by atoms with E-state index in [0.717, 1.165) is 91.1 Å². The number of aromatic hydroxyl groups is 1. The molecule has 0 fully saturated rings. The number of carbonyl (C=O) groups is 1. The molecule has 12 heteroatoms. The van der Waals surface area contributed by atoms with Gasteiger partial charge in [-0.2, -0.15) is 10.2 Å². The summed E-state index contributed by atoms with van der Waals surface area (Å²) in [6, 6.07) is 17.9. The first-order chi connectivity index (χ1) is 26.0. The van der Waals surface area contributed by atoms with Gasteiger partial charge < -0.3 is 18.8 Å². The quantitative estimate of drug-likeness (QED) is 0.0507. The number of esters is 1. The van der Waals surface area contributed by atoms with E-state index in [2.05, 4.69) is 62.2 Å². The zero-order chi connectivity index (χ0) is 39.8. The number of halogens is 1. The molecule has 0 aliphatic carbocycles. The van der Waals surface area contributed by atoms with Crippen LogP contribution in [0.4, 0.5) is 0 Å². The molecule has 3 aromatic heterocycles. The Morgan fingerprint density at radius 2 is 1.73 bits per heavy atom. The first kappa shape index (κ1) is 40.6. The highest BCUT2D eigenvalue weighted by atomic mass is 35.5. The summed E-state index contributed by atoms with van der Waals surface area (Å²) in [6.07, 6.45) is 2.36. The van der Waals surface area contributed by atoms with Crippen molar-refractivity contribution in [3.05, 3.63) is 93.5 Å². The van der Waals surface area contributed by atoms with Crippen LogP contribution < -0.4 is 0 Å². The number of thioether (sulfide) groups is 1. The average molecular weight is 801 g/mol. The van der Waals surface area contributed by atoms with Gasteiger partial charge in [-0.25, -0.2) is 4.79 Å². The maximum Gasteiger partial charge on any atom is 0.354 e. The van der Waals surface area contributed by atoms with Crippen LogP contribution >= 0.6 is 23.4 Å². The Labute approximate surface area is 335 Å². The van der Waals surface area contributed by atoms with Gasteiger partial charge in [-0.1, -0.05) is 56.6 Å². The van der Waals surface area contributed by atoms with E-state index in [1.807, 2.05) is 68.0 Å². The highest BCUT2D eigenvalue weighted by Gasteiger charge is 2.37. The molecule has 55 heavy (non-hydrogen) atoms. The lowest BCUT2D eigenvalue weighted by Gasteiger charge is -2.36. The van der Waals surface area contributed by atoms with Crippen LogP contribution in [0.25, 0.3) is 32.9 Å². The Hall–Kier alpha value is -4.03. The van der Waals surface area contributed by atoms with E-state index < -0.39 is 8.32 Å². The van der Waals surface area contributed by atoms with Gasteiger partial charge in [0.15, 0.2) is 8.32 Å². The number of nitrogens with zero attached hydrogens (tertiary/aromatic N) is 5. The number of aryl methyl sites for hydroxylation is 6. The molecule has 0 atom stereocenters. The monoisotopic (exact) mass is 799 g/mol. The molecule has 3 heterocycles. The van der Waals surface area contributed by atoms with E-state index >= 15 is 0 Å². The van der Waals surface area contributed by atoms with Crippen molar-refractivity contribution >= 4 is 59.3 Å². The minimum atomic E-state index is -1.91. The number of hydrogen-bond donors (Lipinski definition) is 1. The number of phenolic OH excluding ortho intramolecular Hbond substituents is 1. The molecular formula is C43H54ClN5O4SSi. The van der Waals surface area contributed by atoms with Gasteiger partial charge in [-0.05, 0) is 105 Å². The summed E-state index contributed by atoms with van der Waals surface area (Å²) in [7, 11) is 1.51. The van der Waals surface area contributed by atoms with E-state index in [1.165, 1.54) is 7.11 Å². The molecule has 0 amide bonds. The third kappa shape index (κ3) is 8.26. The maximum absolute atomic E-state index is 13.4. The van der Waals surface area contributed by atoms with Crippen LogP contribution in [0.15, 0.2) is 59.5 Å².